The van der Waals surface area contributed by atoms with Crippen molar-refractivity contribution in [1.82, 2.24) is 0 Å². The first-order valence-electron chi connectivity index (χ1n) is 7.52. The molecule has 1 N–H and O–H groups in total. The molecule has 0 aliphatic heterocycles. The molecule has 3 nitrogen and oxygen atoms in total. The van der Waals surface area contributed by atoms with E-state index in [-0.39, 0.29) is 11.7 Å². The van der Waals surface area contributed by atoms with Gasteiger partial charge in [-0.2, -0.15) is 0 Å². The lowest BCUT2D eigenvalue weighted by molar-refractivity contribution is 0.102. The van der Waals surface area contributed by atoms with Crippen LogP contribution in [0.3, 0.4) is 0 Å². The topological polar surface area (TPSA) is 38.3 Å². The van der Waals surface area contributed by atoms with E-state index >= 15 is 0 Å². The number of rotatable bonds is 4. The second kappa shape index (κ2) is 6.96. The van der Waals surface area contributed by atoms with E-state index < -0.39 is 0 Å². The van der Waals surface area contributed by atoms with Crippen LogP contribution in [0, 0.1) is 12.7 Å². The first-order valence-corrected chi connectivity index (χ1v) is 7.52. The van der Waals surface area contributed by atoms with Crippen LogP contribution in [0.2, 0.25) is 0 Å². The van der Waals surface area contributed by atoms with E-state index in [9.17, 15) is 9.18 Å². The van der Waals surface area contributed by atoms with E-state index in [1.54, 1.807) is 37.3 Å². The molecule has 0 radical (unpaired) electrons. The van der Waals surface area contributed by atoms with Gasteiger partial charge in [-0.15, -0.1) is 0 Å². The lowest BCUT2D eigenvalue weighted by Crippen LogP contribution is -2.12. The number of hydrogen-bond acceptors (Lipinski definition) is 2. The van der Waals surface area contributed by atoms with Gasteiger partial charge in [-0.3, -0.25) is 4.79 Å². The van der Waals surface area contributed by atoms with Crippen LogP contribution in [0.25, 0.3) is 0 Å². The minimum Gasteiger partial charge on any atom is -0.457 e. The van der Waals surface area contributed by atoms with E-state index in [0.717, 1.165) is 0 Å². The molecule has 0 saturated heterocycles. The zero-order valence-corrected chi connectivity index (χ0v) is 13.1. The average molecular weight is 321 g/mol. The molecule has 0 bridgehead atoms. The van der Waals surface area contributed by atoms with Crippen LogP contribution in [0.1, 0.15) is 15.9 Å². The summed E-state index contributed by atoms with van der Waals surface area (Å²) in [6.45, 7) is 1.74. The Bertz CT molecular complexity index is 863. The third-order valence-corrected chi connectivity index (χ3v) is 3.51. The Morgan fingerprint density at radius 2 is 1.67 bits per heavy atom. The van der Waals surface area contributed by atoms with Crippen molar-refractivity contribution >= 4 is 11.6 Å². The van der Waals surface area contributed by atoms with E-state index in [1.165, 1.54) is 12.1 Å². The largest absolute Gasteiger partial charge is 0.457 e. The SMILES string of the molecule is Cc1cc(F)ccc1NC(=O)c1cccc(Oc2ccccc2)c1. The predicted octanol–water partition coefficient (Wildman–Crippen LogP) is 5.18. The first kappa shape index (κ1) is 15.7. The lowest BCUT2D eigenvalue weighted by Gasteiger charge is -2.10. The minimum atomic E-state index is -0.330. The molecule has 120 valence electrons. The molecule has 0 spiro atoms. The van der Waals surface area contributed by atoms with Crippen molar-refractivity contribution in [2.45, 2.75) is 6.92 Å². The Labute approximate surface area is 139 Å². The Morgan fingerprint density at radius 3 is 2.42 bits per heavy atom. The Morgan fingerprint density at radius 1 is 0.917 bits per heavy atom. The first-order chi connectivity index (χ1) is 11.6. The van der Waals surface area contributed by atoms with Gasteiger partial charge in [0.1, 0.15) is 17.3 Å². The van der Waals surface area contributed by atoms with E-state index in [4.69, 9.17) is 4.74 Å². The average Bonchev–Trinajstić information content (AvgIpc) is 2.58. The van der Waals surface area contributed by atoms with Crippen molar-refractivity contribution in [2.24, 2.45) is 0 Å². The third-order valence-electron chi connectivity index (χ3n) is 3.51. The van der Waals surface area contributed by atoms with Crippen molar-refractivity contribution < 1.29 is 13.9 Å². The molecule has 0 unspecified atom stereocenters. The number of carbonyl (C=O) groups is 1. The van der Waals surface area contributed by atoms with Gasteiger partial charge in [-0.05, 0) is 61.0 Å². The molecule has 0 fully saturated rings. The number of anilines is 1. The monoisotopic (exact) mass is 321 g/mol. The number of carbonyl (C=O) groups excluding carboxylic acids is 1. The highest BCUT2D eigenvalue weighted by atomic mass is 19.1. The molecule has 3 aromatic rings. The molecule has 0 aromatic heterocycles. The maximum absolute atomic E-state index is 13.1. The Hall–Kier alpha value is -3.14. The number of nitrogens with one attached hydrogen (secondary N) is 1. The molecule has 3 rings (SSSR count). The number of benzene rings is 3. The lowest BCUT2D eigenvalue weighted by atomic mass is 10.1. The summed E-state index contributed by atoms with van der Waals surface area (Å²) >= 11 is 0. The summed E-state index contributed by atoms with van der Waals surface area (Å²) in [6.07, 6.45) is 0. The number of hydrogen-bond donors (Lipinski definition) is 1. The summed E-state index contributed by atoms with van der Waals surface area (Å²) < 4.78 is 18.9. The van der Waals surface area contributed by atoms with Crippen molar-refractivity contribution in [3.63, 3.8) is 0 Å². The fourth-order valence-corrected chi connectivity index (χ4v) is 2.29. The second-order valence-corrected chi connectivity index (χ2v) is 5.36. The zero-order valence-electron chi connectivity index (χ0n) is 13.1. The molecule has 0 aliphatic carbocycles. The maximum atomic E-state index is 13.1. The quantitative estimate of drug-likeness (QED) is 0.719. The van der Waals surface area contributed by atoms with E-state index in [1.807, 2.05) is 30.3 Å². The summed E-state index contributed by atoms with van der Waals surface area (Å²) in [5.74, 6) is 0.668. The highest BCUT2D eigenvalue weighted by molar-refractivity contribution is 6.04. The van der Waals surface area contributed by atoms with Gasteiger partial charge in [-0.1, -0.05) is 24.3 Å². The molecule has 0 heterocycles. The molecular formula is C20H16FNO2. The molecule has 1 amide bonds. The van der Waals surface area contributed by atoms with Crippen LogP contribution in [0.4, 0.5) is 10.1 Å². The number of aryl methyl sites for hydroxylation is 1. The maximum Gasteiger partial charge on any atom is 0.255 e. The summed E-state index contributed by atoms with van der Waals surface area (Å²) in [5, 5.41) is 2.78. The fourth-order valence-electron chi connectivity index (χ4n) is 2.29. The minimum absolute atomic E-state index is 0.275. The van der Waals surface area contributed by atoms with Crippen molar-refractivity contribution in [2.75, 3.05) is 5.32 Å². The molecular weight excluding hydrogens is 305 g/mol. The number of ether oxygens (including phenoxy) is 1. The molecule has 24 heavy (non-hydrogen) atoms. The second-order valence-electron chi connectivity index (χ2n) is 5.36. The smallest absolute Gasteiger partial charge is 0.255 e. The Balaban J connectivity index is 1.77. The summed E-state index contributed by atoms with van der Waals surface area (Å²) in [4.78, 5) is 12.4. The predicted molar refractivity (Wildman–Crippen MR) is 92.0 cm³/mol. The van der Waals surface area contributed by atoms with Crippen LogP contribution in [0.5, 0.6) is 11.5 Å². The van der Waals surface area contributed by atoms with Gasteiger partial charge in [0.2, 0.25) is 0 Å². The van der Waals surface area contributed by atoms with Gasteiger partial charge in [0.05, 0.1) is 0 Å². The molecule has 0 atom stereocenters. The van der Waals surface area contributed by atoms with Gasteiger partial charge < -0.3 is 10.1 Å². The van der Waals surface area contributed by atoms with Crippen LogP contribution in [0.15, 0.2) is 72.8 Å². The fraction of sp³-hybridized carbons (Fsp3) is 0.0500. The summed E-state index contributed by atoms with van der Waals surface area (Å²) in [6, 6.07) is 20.5. The standard InChI is InChI=1S/C20H16FNO2/c1-14-12-16(21)10-11-19(14)22-20(23)15-6-5-9-18(13-15)24-17-7-3-2-4-8-17/h2-13H,1H3,(H,22,23). The van der Waals surface area contributed by atoms with E-state index in [2.05, 4.69) is 5.32 Å². The highest BCUT2D eigenvalue weighted by Gasteiger charge is 2.09. The number of amides is 1. The number of para-hydroxylation sites is 1. The van der Waals surface area contributed by atoms with Crippen LogP contribution >= 0.6 is 0 Å². The van der Waals surface area contributed by atoms with Crippen LogP contribution < -0.4 is 10.1 Å². The van der Waals surface area contributed by atoms with Crippen molar-refractivity contribution in [3.8, 4) is 11.5 Å². The molecule has 0 saturated carbocycles. The number of halogens is 1. The zero-order chi connectivity index (χ0) is 16.9. The van der Waals surface area contributed by atoms with Gasteiger partial charge in [0, 0.05) is 11.3 Å². The normalized spacial score (nSPS) is 10.2. The van der Waals surface area contributed by atoms with Crippen LogP contribution in [-0.4, -0.2) is 5.91 Å². The summed E-state index contributed by atoms with van der Waals surface area (Å²) in [7, 11) is 0. The van der Waals surface area contributed by atoms with Crippen molar-refractivity contribution in [3.05, 3.63) is 89.7 Å². The van der Waals surface area contributed by atoms with Crippen molar-refractivity contribution in [1.29, 1.82) is 0 Å². The highest BCUT2D eigenvalue weighted by Crippen LogP contribution is 2.23. The van der Waals surface area contributed by atoms with Gasteiger partial charge in [0.25, 0.3) is 5.91 Å². The Kier molecular flexibility index (Phi) is 4.57. The van der Waals surface area contributed by atoms with Gasteiger partial charge >= 0.3 is 0 Å². The van der Waals surface area contributed by atoms with E-state index in [0.29, 0.717) is 28.3 Å². The third kappa shape index (κ3) is 3.79. The van der Waals surface area contributed by atoms with Gasteiger partial charge in [0.15, 0.2) is 0 Å². The molecule has 0 aliphatic rings. The van der Waals surface area contributed by atoms with Gasteiger partial charge in [-0.25, -0.2) is 4.39 Å². The molecule has 4 heteroatoms. The summed E-state index contributed by atoms with van der Waals surface area (Å²) in [5.41, 5.74) is 1.71. The van der Waals surface area contributed by atoms with Crippen LogP contribution in [-0.2, 0) is 0 Å². The molecule has 3 aromatic carbocycles.